The van der Waals surface area contributed by atoms with Crippen LogP contribution in [0.2, 0.25) is 0 Å². The third-order valence-electron chi connectivity index (χ3n) is 2.19. The van der Waals surface area contributed by atoms with E-state index in [1.807, 2.05) is 0 Å². The predicted molar refractivity (Wildman–Crippen MR) is 59.8 cm³/mol. The van der Waals surface area contributed by atoms with Gasteiger partial charge in [0, 0.05) is 10.4 Å². The van der Waals surface area contributed by atoms with Crippen LogP contribution in [0.3, 0.4) is 0 Å². The molecular weight excluding hydrogens is 194 g/mol. The van der Waals surface area contributed by atoms with Crippen LogP contribution in [0.25, 0.3) is 10.4 Å². The first-order chi connectivity index (χ1) is 6.47. The van der Waals surface area contributed by atoms with Crippen molar-refractivity contribution in [2.75, 3.05) is 0 Å². The van der Waals surface area contributed by atoms with Gasteiger partial charge in [-0.1, -0.05) is 20.8 Å². The summed E-state index contributed by atoms with van der Waals surface area (Å²) in [6.45, 7) is 8.87. The molecule has 0 atom stereocenters. The smallest absolute Gasteiger partial charge is 0.182 e. The molecule has 0 aliphatic rings. The number of fused-ring (bicyclic) bond motifs is 1. The Morgan fingerprint density at radius 3 is 2.79 bits per heavy atom. The molecule has 0 spiro atoms. The van der Waals surface area contributed by atoms with Crippen molar-refractivity contribution in [2.24, 2.45) is 5.41 Å². The van der Waals surface area contributed by atoms with Gasteiger partial charge in [-0.2, -0.15) is 0 Å². The molecule has 0 radical (unpaired) electrons. The van der Waals surface area contributed by atoms with Gasteiger partial charge in [0.25, 0.3) is 0 Å². The Kier molecular flexibility index (Phi) is 2.14. The van der Waals surface area contributed by atoms with Crippen molar-refractivity contribution in [1.82, 2.24) is 4.98 Å². The van der Waals surface area contributed by atoms with Crippen LogP contribution in [0.5, 0.6) is 0 Å². The highest BCUT2D eigenvalue weighted by Crippen LogP contribution is 2.34. The van der Waals surface area contributed by atoms with Crippen molar-refractivity contribution in [1.29, 1.82) is 0 Å². The van der Waals surface area contributed by atoms with E-state index in [9.17, 15) is 0 Å². The average Bonchev–Trinajstić information content (AvgIpc) is 2.54. The summed E-state index contributed by atoms with van der Waals surface area (Å²) in [6, 6.07) is 0. The zero-order chi connectivity index (χ0) is 10.3. The first kappa shape index (κ1) is 9.71. The summed E-state index contributed by atoms with van der Waals surface area (Å²) in [6.07, 6.45) is 2.58. The summed E-state index contributed by atoms with van der Waals surface area (Å²) in [7, 11) is 0. The van der Waals surface area contributed by atoms with Crippen LogP contribution >= 0.6 is 11.3 Å². The Hall–Kier alpha value is -0.830. The van der Waals surface area contributed by atoms with Crippen molar-refractivity contribution < 1.29 is 4.42 Å². The molecule has 0 amide bonds. The van der Waals surface area contributed by atoms with Crippen LogP contribution in [0, 0.1) is 12.3 Å². The number of thiophene rings is 1. The number of nitrogens with zero attached hydrogens (tertiary/aromatic N) is 1. The lowest BCUT2D eigenvalue weighted by atomic mass is 9.88. The molecule has 2 rings (SSSR count). The normalized spacial score (nSPS) is 12.6. The fraction of sp³-hybridized carbons (Fsp3) is 0.545. The maximum atomic E-state index is 5.42. The zero-order valence-corrected chi connectivity index (χ0v) is 9.86. The second-order valence-electron chi connectivity index (χ2n) is 4.86. The van der Waals surface area contributed by atoms with Crippen LogP contribution in [0.1, 0.15) is 31.2 Å². The van der Waals surface area contributed by atoms with Gasteiger partial charge in [-0.3, -0.25) is 0 Å². The Labute approximate surface area is 88.0 Å². The second-order valence-corrected chi connectivity index (χ2v) is 6.06. The predicted octanol–water partition coefficient (Wildman–Crippen LogP) is 3.79. The lowest BCUT2D eigenvalue weighted by Crippen LogP contribution is -2.09. The molecule has 0 aliphatic carbocycles. The summed E-state index contributed by atoms with van der Waals surface area (Å²) in [4.78, 5) is 6.55. The molecule has 0 fully saturated rings. The van der Waals surface area contributed by atoms with E-state index in [0.717, 1.165) is 16.8 Å². The molecule has 0 aromatic carbocycles. The number of rotatable bonds is 1. The van der Waals surface area contributed by atoms with Crippen molar-refractivity contribution in [3.05, 3.63) is 16.8 Å². The van der Waals surface area contributed by atoms with E-state index >= 15 is 0 Å². The number of oxazole rings is 1. The fourth-order valence-corrected chi connectivity index (χ4v) is 2.55. The summed E-state index contributed by atoms with van der Waals surface area (Å²) in [5.41, 5.74) is 2.61. The summed E-state index contributed by atoms with van der Waals surface area (Å²) >= 11 is 1.72. The van der Waals surface area contributed by atoms with Crippen LogP contribution in [-0.4, -0.2) is 4.98 Å². The lowest BCUT2D eigenvalue weighted by molar-refractivity contribution is 0.409. The molecule has 0 N–H and O–H groups in total. The minimum Gasteiger partial charge on any atom is -0.442 e. The second kappa shape index (κ2) is 3.09. The van der Waals surface area contributed by atoms with E-state index in [-0.39, 0.29) is 0 Å². The topological polar surface area (TPSA) is 26.0 Å². The molecule has 3 heteroatoms. The lowest BCUT2D eigenvalue weighted by Gasteiger charge is -2.17. The third-order valence-corrected chi connectivity index (χ3v) is 3.23. The molecule has 2 nitrogen and oxygen atoms in total. The van der Waals surface area contributed by atoms with Crippen molar-refractivity contribution in [3.8, 4) is 0 Å². The maximum absolute atomic E-state index is 5.42. The number of aryl methyl sites for hydroxylation is 1. The highest BCUT2D eigenvalue weighted by Gasteiger charge is 2.19. The average molecular weight is 209 g/mol. The summed E-state index contributed by atoms with van der Waals surface area (Å²) in [5, 5.41) is 0. The van der Waals surface area contributed by atoms with Crippen LogP contribution in [0.4, 0.5) is 0 Å². The zero-order valence-electron chi connectivity index (χ0n) is 9.05. The Balaban J connectivity index is 2.49. The van der Waals surface area contributed by atoms with Gasteiger partial charge >= 0.3 is 0 Å². The monoisotopic (exact) mass is 209 g/mol. The van der Waals surface area contributed by atoms with E-state index in [4.69, 9.17) is 4.42 Å². The fourth-order valence-electron chi connectivity index (χ4n) is 1.61. The SMILES string of the molecule is Cc1sc2ncoc2c1CC(C)(C)C. The standard InChI is InChI=1S/C11H15NOS/c1-7-8(5-11(2,3)4)9-10(14-7)12-6-13-9/h6H,5H2,1-4H3. The van der Waals surface area contributed by atoms with E-state index in [0.29, 0.717) is 5.41 Å². The largest absolute Gasteiger partial charge is 0.442 e. The summed E-state index contributed by atoms with van der Waals surface area (Å²) in [5.74, 6) is 0. The molecule has 0 bridgehead atoms. The number of hydrogen-bond acceptors (Lipinski definition) is 3. The van der Waals surface area contributed by atoms with Gasteiger partial charge in [-0.25, -0.2) is 4.98 Å². The van der Waals surface area contributed by atoms with Gasteiger partial charge in [-0.05, 0) is 18.8 Å². The summed E-state index contributed by atoms with van der Waals surface area (Å²) < 4.78 is 5.42. The molecule has 14 heavy (non-hydrogen) atoms. The van der Waals surface area contributed by atoms with Crippen LogP contribution in [-0.2, 0) is 6.42 Å². The highest BCUT2D eigenvalue weighted by molar-refractivity contribution is 7.18. The van der Waals surface area contributed by atoms with Crippen molar-refractivity contribution in [2.45, 2.75) is 34.1 Å². The maximum Gasteiger partial charge on any atom is 0.182 e. The number of hydrogen-bond donors (Lipinski definition) is 0. The van der Waals surface area contributed by atoms with Crippen molar-refractivity contribution >= 4 is 21.8 Å². The minimum absolute atomic E-state index is 0.297. The third kappa shape index (κ3) is 1.69. The van der Waals surface area contributed by atoms with Gasteiger partial charge in [0.05, 0.1) is 0 Å². The van der Waals surface area contributed by atoms with E-state index < -0.39 is 0 Å². The molecule has 0 saturated carbocycles. The van der Waals surface area contributed by atoms with Gasteiger partial charge in [0.2, 0.25) is 0 Å². The molecule has 0 aliphatic heterocycles. The van der Waals surface area contributed by atoms with E-state index in [1.54, 1.807) is 11.3 Å². The van der Waals surface area contributed by atoms with E-state index in [2.05, 4.69) is 32.7 Å². The van der Waals surface area contributed by atoms with Crippen LogP contribution < -0.4 is 0 Å². The van der Waals surface area contributed by atoms with Gasteiger partial charge in [0.1, 0.15) is 0 Å². The Morgan fingerprint density at radius 2 is 2.14 bits per heavy atom. The Morgan fingerprint density at radius 1 is 1.43 bits per heavy atom. The molecule has 0 unspecified atom stereocenters. The minimum atomic E-state index is 0.297. The molecule has 2 aromatic heterocycles. The van der Waals surface area contributed by atoms with Crippen molar-refractivity contribution in [3.63, 3.8) is 0 Å². The number of aromatic nitrogens is 1. The van der Waals surface area contributed by atoms with Gasteiger partial charge < -0.3 is 4.42 Å². The molecule has 2 heterocycles. The molecule has 2 aromatic rings. The first-order valence-corrected chi connectivity index (χ1v) is 5.60. The molecule has 0 saturated heterocycles. The highest BCUT2D eigenvalue weighted by atomic mass is 32.1. The Bertz CT molecular complexity index is 447. The molecular formula is C11H15NOS. The van der Waals surface area contributed by atoms with Crippen LogP contribution in [0.15, 0.2) is 10.8 Å². The first-order valence-electron chi connectivity index (χ1n) is 4.79. The van der Waals surface area contributed by atoms with Gasteiger partial charge in [-0.15, -0.1) is 11.3 Å². The van der Waals surface area contributed by atoms with Gasteiger partial charge in [0.15, 0.2) is 16.8 Å². The molecule has 76 valence electrons. The quantitative estimate of drug-likeness (QED) is 0.714. The van der Waals surface area contributed by atoms with E-state index in [1.165, 1.54) is 16.8 Å².